The summed E-state index contributed by atoms with van der Waals surface area (Å²) in [5.41, 5.74) is 6.84. The Balaban J connectivity index is 1.73. The molecule has 0 unspecified atom stereocenters. The van der Waals surface area contributed by atoms with E-state index in [1.165, 1.54) is 6.20 Å². The number of unbranched alkanes of at least 4 members (excludes halogenated alkanes) is 1. The first-order valence-corrected chi connectivity index (χ1v) is 9.77. The molecule has 0 bridgehead atoms. The number of esters is 1. The zero-order valence-corrected chi connectivity index (χ0v) is 17.4. The Hall–Kier alpha value is -2.68. The molecule has 2 heterocycles. The number of carbonyl (C=O) groups excluding carboxylic acids is 2. The molecule has 2 aromatic rings. The minimum absolute atomic E-state index is 0.206. The maximum absolute atomic E-state index is 12.3. The number of anilines is 2. The molecule has 0 atom stereocenters. The molecule has 152 valence electrons. The van der Waals surface area contributed by atoms with Gasteiger partial charge < -0.3 is 20.5 Å². The number of hydrogen-bond donors (Lipinski definition) is 2. The van der Waals surface area contributed by atoms with Crippen LogP contribution < -0.4 is 15.8 Å². The standard InChI is InChI=1S/C19H26N4O4S/c1-12-16(17(20)28-23-12)18(25)22-13-8-9-14(21-11-13)26-10-6-5-7-15(24)27-19(2,3)4/h8-9,11H,5-7,10,20H2,1-4H3,(H,22,25). The van der Waals surface area contributed by atoms with Gasteiger partial charge in [0.05, 0.1) is 29.7 Å². The maximum Gasteiger partial charge on any atom is 0.306 e. The molecule has 9 heteroatoms. The lowest BCUT2D eigenvalue weighted by Crippen LogP contribution is -2.23. The number of nitrogen functional groups attached to an aromatic ring is 1. The number of hydrogen-bond acceptors (Lipinski definition) is 8. The summed E-state index contributed by atoms with van der Waals surface area (Å²) in [4.78, 5) is 28.1. The summed E-state index contributed by atoms with van der Waals surface area (Å²) >= 11 is 1.09. The van der Waals surface area contributed by atoms with E-state index >= 15 is 0 Å². The van der Waals surface area contributed by atoms with Crippen molar-refractivity contribution >= 4 is 34.1 Å². The predicted molar refractivity (Wildman–Crippen MR) is 109 cm³/mol. The Morgan fingerprint density at radius 1 is 1.25 bits per heavy atom. The van der Waals surface area contributed by atoms with Crippen LogP contribution in [0.2, 0.25) is 0 Å². The molecule has 0 spiro atoms. The monoisotopic (exact) mass is 406 g/mol. The molecule has 0 fully saturated rings. The number of aryl methyl sites for hydroxylation is 1. The summed E-state index contributed by atoms with van der Waals surface area (Å²) in [6, 6.07) is 3.37. The molecule has 1 amide bonds. The van der Waals surface area contributed by atoms with Crippen molar-refractivity contribution in [1.82, 2.24) is 9.36 Å². The van der Waals surface area contributed by atoms with Gasteiger partial charge in [-0.15, -0.1) is 0 Å². The number of nitrogens with zero attached hydrogens (tertiary/aromatic N) is 2. The fourth-order valence-corrected chi connectivity index (χ4v) is 3.00. The van der Waals surface area contributed by atoms with E-state index in [4.69, 9.17) is 15.2 Å². The van der Waals surface area contributed by atoms with Crippen LogP contribution in [-0.2, 0) is 9.53 Å². The van der Waals surface area contributed by atoms with Gasteiger partial charge in [0.25, 0.3) is 5.91 Å². The molecule has 28 heavy (non-hydrogen) atoms. The highest BCUT2D eigenvalue weighted by atomic mass is 32.1. The Kier molecular flexibility index (Phi) is 7.33. The second kappa shape index (κ2) is 9.50. The highest BCUT2D eigenvalue weighted by Gasteiger charge is 2.17. The van der Waals surface area contributed by atoms with Gasteiger partial charge in [0.1, 0.15) is 10.6 Å². The predicted octanol–water partition coefficient (Wildman–Crippen LogP) is 3.57. The first kappa shape index (κ1) is 21.6. The van der Waals surface area contributed by atoms with Gasteiger partial charge in [-0.2, -0.15) is 4.37 Å². The third-order valence-corrected chi connectivity index (χ3v) is 4.32. The van der Waals surface area contributed by atoms with Crippen molar-refractivity contribution in [3.63, 3.8) is 0 Å². The van der Waals surface area contributed by atoms with Gasteiger partial charge in [-0.05, 0) is 58.1 Å². The Labute approximate surface area is 168 Å². The first-order valence-electron chi connectivity index (χ1n) is 8.99. The van der Waals surface area contributed by atoms with Crippen LogP contribution in [-0.4, -0.2) is 33.4 Å². The lowest BCUT2D eigenvalue weighted by atomic mass is 10.2. The van der Waals surface area contributed by atoms with E-state index < -0.39 is 5.60 Å². The molecule has 0 aromatic carbocycles. The lowest BCUT2D eigenvalue weighted by Gasteiger charge is -2.19. The van der Waals surface area contributed by atoms with Crippen LogP contribution in [0.5, 0.6) is 5.88 Å². The third kappa shape index (κ3) is 6.80. The Morgan fingerprint density at radius 2 is 2.00 bits per heavy atom. The molecule has 3 N–H and O–H groups in total. The van der Waals surface area contributed by atoms with Gasteiger partial charge in [-0.1, -0.05) is 0 Å². The summed E-state index contributed by atoms with van der Waals surface area (Å²) in [6.07, 6.45) is 3.26. The van der Waals surface area contributed by atoms with Crippen LogP contribution in [0, 0.1) is 6.92 Å². The molecule has 0 aliphatic heterocycles. The fraction of sp³-hybridized carbons (Fsp3) is 0.474. The molecule has 0 radical (unpaired) electrons. The van der Waals surface area contributed by atoms with Crippen molar-refractivity contribution in [1.29, 1.82) is 0 Å². The Morgan fingerprint density at radius 3 is 2.57 bits per heavy atom. The maximum atomic E-state index is 12.3. The number of amides is 1. The van der Waals surface area contributed by atoms with Crippen LogP contribution in [0.1, 0.15) is 56.1 Å². The normalized spacial score (nSPS) is 11.1. The topological polar surface area (TPSA) is 116 Å². The van der Waals surface area contributed by atoms with Crippen molar-refractivity contribution in [2.24, 2.45) is 0 Å². The quantitative estimate of drug-likeness (QED) is 0.508. The average Bonchev–Trinajstić information content (AvgIpc) is 2.93. The largest absolute Gasteiger partial charge is 0.478 e. The van der Waals surface area contributed by atoms with Crippen molar-refractivity contribution in [3.8, 4) is 5.88 Å². The van der Waals surface area contributed by atoms with Gasteiger partial charge in [-0.3, -0.25) is 9.59 Å². The van der Waals surface area contributed by atoms with Gasteiger partial charge in [0.15, 0.2) is 0 Å². The van der Waals surface area contributed by atoms with Gasteiger partial charge in [0, 0.05) is 12.5 Å². The highest BCUT2D eigenvalue weighted by Crippen LogP contribution is 2.22. The molecule has 2 rings (SSSR count). The number of pyridine rings is 1. The summed E-state index contributed by atoms with van der Waals surface area (Å²) in [5, 5.41) is 3.12. The van der Waals surface area contributed by atoms with E-state index in [9.17, 15) is 9.59 Å². The number of nitrogens with two attached hydrogens (primary N) is 1. The minimum atomic E-state index is -0.459. The fourth-order valence-electron chi connectivity index (χ4n) is 2.34. The molecular formula is C19H26N4O4S. The zero-order valence-electron chi connectivity index (χ0n) is 16.6. The SMILES string of the molecule is Cc1nsc(N)c1C(=O)Nc1ccc(OCCCCC(=O)OC(C)(C)C)nc1. The van der Waals surface area contributed by atoms with Gasteiger partial charge in [-0.25, -0.2) is 4.98 Å². The van der Waals surface area contributed by atoms with Crippen molar-refractivity contribution in [3.05, 3.63) is 29.6 Å². The summed E-state index contributed by atoms with van der Waals surface area (Å²) in [6.45, 7) is 7.72. The summed E-state index contributed by atoms with van der Waals surface area (Å²) < 4.78 is 14.9. The number of rotatable bonds is 8. The zero-order chi connectivity index (χ0) is 20.7. The molecule has 0 aliphatic rings. The van der Waals surface area contributed by atoms with E-state index in [2.05, 4.69) is 14.7 Å². The highest BCUT2D eigenvalue weighted by molar-refractivity contribution is 7.10. The molecule has 0 aliphatic carbocycles. The van der Waals surface area contributed by atoms with Gasteiger partial charge in [0.2, 0.25) is 5.88 Å². The second-order valence-electron chi connectivity index (χ2n) is 7.24. The second-order valence-corrected chi connectivity index (χ2v) is 8.04. The molecule has 8 nitrogen and oxygen atoms in total. The molecule has 2 aromatic heterocycles. The number of nitrogens with one attached hydrogen (secondary N) is 1. The van der Waals surface area contributed by atoms with Gasteiger partial charge >= 0.3 is 5.97 Å². The number of ether oxygens (including phenoxy) is 2. The number of carbonyl (C=O) groups is 2. The lowest BCUT2D eigenvalue weighted by molar-refractivity contribution is -0.154. The van der Waals surface area contributed by atoms with E-state index in [-0.39, 0.29) is 11.9 Å². The molecule has 0 saturated carbocycles. The summed E-state index contributed by atoms with van der Waals surface area (Å²) in [5.74, 6) is -0.0769. The average molecular weight is 407 g/mol. The third-order valence-electron chi connectivity index (χ3n) is 3.56. The van der Waals surface area contributed by atoms with E-state index in [0.29, 0.717) is 53.7 Å². The molecular weight excluding hydrogens is 380 g/mol. The Bertz CT molecular complexity index is 793. The van der Waals surface area contributed by atoms with E-state index in [1.807, 2.05) is 20.8 Å². The van der Waals surface area contributed by atoms with E-state index in [0.717, 1.165) is 11.5 Å². The van der Waals surface area contributed by atoms with Crippen LogP contribution in [0.25, 0.3) is 0 Å². The van der Waals surface area contributed by atoms with Crippen LogP contribution in [0.15, 0.2) is 18.3 Å². The van der Waals surface area contributed by atoms with Crippen molar-refractivity contribution in [2.75, 3.05) is 17.7 Å². The minimum Gasteiger partial charge on any atom is -0.478 e. The van der Waals surface area contributed by atoms with E-state index in [1.54, 1.807) is 19.1 Å². The van der Waals surface area contributed by atoms with Crippen LogP contribution in [0.4, 0.5) is 10.7 Å². The van der Waals surface area contributed by atoms with Crippen molar-refractivity contribution in [2.45, 2.75) is 52.6 Å². The first-order chi connectivity index (χ1) is 13.2. The van der Waals surface area contributed by atoms with Crippen molar-refractivity contribution < 1.29 is 19.1 Å². The number of aromatic nitrogens is 2. The molecule has 0 saturated heterocycles. The van der Waals surface area contributed by atoms with Crippen LogP contribution in [0.3, 0.4) is 0 Å². The van der Waals surface area contributed by atoms with Crippen LogP contribution >= 0.6 is 11.5 Å². The summed E-state index contributed by atoms with van der Waals surface area (Å²) in [7, 11) is 0. The smallest absolute Gasteiger partial charge is 0.306 e.